The molecule has 0 radical (unpaired) electrons. The summed E-state index contributed by atoms with van der Waals surface area (Å²) in [5, 5.41) is 0. The molecule has 116 valence electrons. The normalized spacial score (nSPS) is 20.3. The summed E-state index contributed by atoms with van der Waals surface area (Å²) >= 11 is 0. The lowest BCUT2D eigenvalue weighted by Crippen LogP contribution is -2.61. The molecule has 0 unspecified atom stereocenters. The maximum Gasteiger partial charge on any atom is 0.460 e. The van der Waals surface area contributed by atoms with E-state index in [2.05, 4.69) is 0 Å². The van der Waals surface area contributed by atoms with Crippen molar-refractivity contribution < 1.29 is 58.0 Å². The van der Waals surface area contributed by atoms with Gasteiger partial charge < -0.3 is 0 Å². The monoisotopic (exact) mass is 334 g/mol. The van der Waals surface area contributed by atoms with Gasteiger partial charge in [-0.05, 0) is 0 Å². The Labute approximate surface area is 105 Å². The van der Waals surface area contributed by atoms with Gasteiger partial charge in [-0.25, -0.2) is 0 Å². The van der Waals surface area contributed by atoms with Crippen molar-refractivity contribution >= 4 is 10.1 Å². The molecular weight excluding hydrogens is 325 g/mol. The predicted molar refractivity (Wildman–Crippen MR) is 41.9 cm³/mol. The Bertz CT molecular complexity index is 570. The van der Waals surface area contributed by atoms with E-state index in [-0.39, 0.29) is 0 Å². The van der Waals surface area contributed by atoms with Crippen LogP contribution in [0.15, 0.2) is 0 Å². The molecule has 0 aliphatic rings. The average molecular weight is 334 g/mol. The summed E-state index contributed by atoms with van der Waals surface area (Å²) in [5.74, 6) is -22.4. The minimum atomic E-state index is -7.60. The van der Waals surface area contributed by atoms with E-state index in [4.69, 9.17) is 10.0 Å². The molecule has 0 fully saturated rings. The third-order valence-electron chi connectivity index (χ3n) is 1.48. The molecule has 0 aliphatic heterocycles. The van der Waals surface area contributed by atoms with Gasteiger partial charge in [-0.2, -0.15) is 47.9 Å². The Morgan fingerprint density at radius 2 is 1.26 bits per heavy atom. The summed E-state index contributed by atoms with van der Waals surface area (Å²) < 4.78 is 168. The second-order valence-corrected chi connectivity index (χ2v) is 4.08. The molecule has 0 bridgehead atoms. The highest BCUT2D eigenvalue weighted by atomic mass is 32.2. The number of halogens is 9. The minimum Gasteiger partial charge on any atom is -0.286 e. The summed E-state index contributed by atoms with van der Waals surface area (Å²) in [6.45, 7) is 0. The van der Waals surface area contributed by atoms with Crippen LogP contribution >= 0.6 is 0 Å². The summed E-state index contributed by atoms with van der Waals surface area (Å²) in [7, 11) is -6.57. The van der Waals surface area contributed by atoms with Crippen molar-refractivity contribution in [3.05, 3.63) is 0 Å². The van der Waals surface area contributed by atoms with Gasteiger partial charge in [-0.3, -0.25) is 4.55 Å². The van der Waals surface area contributed by atoms with Crippen LogP contribution in [0.3, 0.4) is 0 Å². The Hall–Kier alpha value is -0.720. The molecule has 19 heavy (non-hydrogen) atoms. The van der Waals surface area contributed by atoms with Crippen LogP contribution in [0.1, 0.15) is 11.9 Å². The first-order valence-electron chi connectivity index (χ1n) is 5.67. The molecule has 0 aliphatic carbocycles. The molecule has 0 atom stereocenters. The fraction of sp³-hybridized carbons (Fsp3) is 1.00. The molecule has 1 N–H and O–H groups in total. The lowest BCUT2D eigenvalue weighted by molar-refractivity contribution is -0.396. The standard InChI is InChI=1S/C6H5F9O3S/c7-3(8,1-2-19(16,17)18)4(9,10)5(11,12)6(13,14)15/h1-2H2,(H,16,17,18)/i1+1D2,2+1D2. The van der Waals surface area contributed by atoms with E-state index in [1.54, 1.807) is 0 Å². The van der Waals surface area contributed by atoms with Crippen LogP contribution < -0.4 is 0 Å². The maximum atomic E-state index is 13.3. The molecule has 3 nitrogen and oxygen atoms in total. The number of alkyl halides is 9. The molecule has 13 heteroatoms. The highest BCUT2D eigenvalue weighted by Crippen LogP contribution is 2.53. The summed E-state index contributed by atoms with van der Waals surface area (Å²) in [6, 6.07) is 0. The van der Waals surface area contributed by atoms with E-state index in [1.165, 1.54) is 0 Å². The molecule has 0 aromatic carbocycles. The topological polar surface area (TPSA) is 54.4 Å². The van der Waals surface area contributed by atoms with Crippen LogP contribution in [0.2, 0.25) is 0 Å². The average Bonchev–Trinajstić information content (AvgIpc) is 2.24. The lowest BCUT2D eigenvalue weighted by Gasteiger charge is -2.33. The van der Waals surface area contributed by atoms with Crippen LogP contribution in [-0.4, -0.2) is 42.6 Å². The fourth-order valence-electron chi connectivity index (χ4n) is 0.582. The van der Waals surface area contributed by atoms with Crippen LogP contribution in [-0.2, 0) is 10.1 Å². The minimum absolute atomic E-state index is 5.35. The van der Waals surface area contributed by atoms with Crippen LogP contribution in [0, 0.1) is 0 Å². The molecule has 0 amide bonds. The first-order valence-corrected chi connectivity index (χ1v) is 5.11. The van der Waals surface area contributed by atoms with Gasteiger partial charge in [-0.1, -0.05) is 0 Å². The summed E-state index contributed by atoms with van der Waals surface area (Å²) in [4.78, 5) is 0. The van der Waals surface area contributed by atoms with Crippen molar-refractivity contribution in [2.45, 2.75) is 30.3 Å². The third kappa shape index (κ3) is 3.64. The van der Waals surface area contributed by atoms with Gasteiger partial charge in [0.05, 0.1) is 5.70 Å². The zero-order valence-corrected chi connectivity index (χ0v) is 8.89. The molecule has 0 heterocycles. The zero-order valence-electron chi connectivity index (χ0n) is 12.1. The Morgan fingerprint density at radius 1 is 0.895 bits per heavy atom. The van der Waals surface area contributed by atoms with E-state index >= 15 is 0 Å². The predicted octanol–water partition coefficient (Wildman–Crippen LogP) is 2.73. The number of rotatable bonds is 5. The molecule has 0 aromatic rings. The number of hydrogen-bond acceptors (Lipinski definition) is 2. The van der Waals surface area contributed by atoms with E-state index in [0.29, 0.717) is 0 Å². The highest BCUT2D eigenvalue weighted by molar-refractivity contribution is 7.85. The Balaban J connectivity index is 6.48. The van der Waals surface area contributed by atoms with Gasteiger partial charge in [0.15, 0.2) is 0 Å². The van der Waals surface area contributed by atoms with E-state index in [1.807, 2.05) is 0 Å². The maximum absolute atomic E-state index is 13.3. The molecule has 0 saturated carbocycles. The molecule has 0 aromatic heterocycles. The van der Waals surface area contributed by atoms with Gasteiger partial charge in [0.2, 0.25) is 0 Å². The van der Waals surface area contributed by atoms with Gasteiger partial charge in [-0.15, -0.1) is 0 Å². The first-order chi connectivity index (χ1) is 9.50. The quantitative estimate of drug-likeness (QED) is 0.478. The van der Waals surface area contributed by atoms with Gasteiger partial charge in [0.1, 0.15) is 0 Å². The summed E-state index contributed by atoms with van der Waals surface area (Å²) in [5.41, 5.74) is -5.35. The second-order valence-electron chi connectivity index (χ2n) is 2.92. The lowest BCUT2D eigenvalue weighted by atomic mass is 10.1. The largest absolute Gasteiger partial charge is 0.460 e. The van der Waals surface area contributed by atoms with Crippen molar-refractivity contribution in [2.24, 2.45) is 0 Å². The van der Waals surface area contributed by atoms with E-state index < -0.39 is 46.1 Å². The highest BCUT2D eigenvalue weighted by Gasteiger charge is 2.81. The van der Waals surface area contributed by atoms with Crippen molar-refractivity contribution in [3.8, 4) is 0 Å². The second kappa shape index (κ2) is 4.68. The molecule has 0 rings (SSSR count). The van der Waals surface area contributed by atoms with Crippen LogP contribution in [0.25, 0.3) is 0 Å². The van der Waals surface area contributed by atoms with Crippen molar-refractivity contribution in [1.82, 2.24) is 0 Å². The van der Waals surface area contributed by atoms with Gasteiger partial charge >= 0.3 is 23.9 Å². The fourth-order valence-corrected chi connectivity index (χ4v) is 0.839. The van der Waals surface area contributed by atoms with Gasteiger partial charge in [0, 0.05) is 11.9 Å². The third-order valence-corrected chi connectivity index (χ3v) is 1.84. The summed E-state index contributed by atoms with van der Waals surface area (Å²) in [6.07, 6.45) is -13.2. The molecule has 0 spiro atoms. The van der Waals surface area contributed by atoms with Crippen molar-refractivity contribution in [3.63, 3.8) is 0 Å². The Morgan fingerprint density at radius 3 is 1.53 bits per heavy atom. The van der Waals surface area contributed by atoms with Crippen molar-refractivity contribution in [2.75, 3.05) is 5.70 Å². The van der Waals surface area contributed by atoms with Crippen LogP contribution in [0.4, 0.5) is 39.5 Å². The molecule has 0 saturated heterocycles. The van der Waals surface area contributed by atoms with Gasteiger partial charge in [0.25, 0.3) is 10.1 Å². The zero-order chi connectivity index (χ0) is 19.5. The first kappa shape index (κ1) is 12.1. The van der Waals surface area contributed by atoms with Crippen molar-refractivity contribution in [1.29, 1.82) is 0 Å². The Kier molecular flexibility index (Phi) is 2.97. The number of hydrogen-bond donors (Lipinski definition) is 1. The van der Waals surface area contributed by atoms with E-state index in [9.17, 15) is 47.9 Å². The molecular formula is C6H5F9O3S. The van der Waals surface area contributed by atoms with Crippen LogP contribution in [0.5, 0.6) is 0 Å². The smallest absolute Gasteiger partial charge is 0.286 e. The van der Waals surface area contributed by atoms with E-state index in [0.717, 1.165) is 0 Å². The SMILES string of the molecule is [2H][13C]([2H])(C(F)(F)C(F)(F)C(F)(F)C(F)(F)F)[13C]([2H])([2H])S(=O)(=O)O.